The molecule has 7 nitrogen and oxygen atoms in total. The van der Waals surface area contributed by atoms with E-state index in [2.05, 4.69) is 0 Å². The van der Waals surface area contributed by atoms with Crippen molar-refractivity contribution in [1.29, 1.82) is 0 Å². The van der Waals surface area contributed by atoms with Gasteiger partial charge in [-0.25, -0.2) is 8.42 Å². The first-order valence-corrected chi connectivity index (χ1v) is 14.8. The molecule has 1 aliphatic carbocycles. The van der Waals surface area contributed by atoms with E-state index >= 15 is 0 Å². The number of hydrogen-bond donors (Lipinski definition) is 0. The van der Waals surface area contributed by atoms with Crippen LogP contribution < -0.4 is 0 Å². The molecule has 0 spiro atoms. The summed E-state index contributed by atoms with van der Waals surface area (Å²) in [5.41, 5.74) is 2.11. The van der Waals surface area contributed by atoms with Crippen molar-refractivity contribution in [2.45, 2.75) is 90.4 Å². The van der Waals surface area contributed by atoms with E-state index in [-0.39, 0.29) is 23.7 Å². The lowest BCUT2D eigenvalue weighted by Gasteiger charge is -2.38. The van der Waals surface area contributed by atoms with Crippen molar-refractivity contribution in [2.75, 3.05) is 6.61 Å². The Hall–Kier alpha value is -2.71. The highest BCUT2D eigenvalue weighted by atomic mass is 35.5. The van der Waals surface area contributed by atoms with E-state index in [1.807, 2.05) is 20.8 Å². The van der Waals surface area contributed by atoms with Gasteiger partial charge in [0.1, 0.15) is 12.7 Å². The molecule has 2 unspecified atom stereocenters. The molecule has 0 amide bonds. The van der Waals surface area contributed by atoms with E-state index in [1.54, 1.807) is 38.1 Å². The Labute approximate surface area is 237 Å². The summed E-state index contributed by atoms with van der Waals surface area (Å²) >= 11 is 6.15. The van der Waals surface area contributed by atoms with Crippen LogP contribution in [0.4, 0.5) is 0 Å². The standard InChI is InChI=1S/C30H39ClO7S/c1-19(12-14-37-22(4)32)15-25(38-23(5)33)16-20(2)17-28(29-21(3)27(34)11-13-30(29,6)7)39(35,36)26-10-8-9-24(31)18-26/h8-10,12,16,18,25,28H,11,13-15,17H2,1-7H3/b19-12+,20-16+. The predicted octanol–water partition coefficient (Wildman–Crippen LogP) is 6.36. The van der Waals surface area contributed by atoms with Gasteiger partial charge in [0.2, 0.25) is 0 Å². The smallest absolute Gasteiger partial charge is 0.303 e. The predicted molar refractivity (Wildman–Crippen MR) is 152 cm³/mol. The highest BCUT2D eigenvalue weighted by Gasteiger charge is 2.42. The normalized spacial score (nSPS) is 18.0. The molecule has 1 aromatic rings. The van der Waals surface area contributed by atoms with Crippen molar-refractivity contribution in [3.63, 3.8) is 0 Å². The molecule has 2 atom stereocenters. The van der Waals surface area contributed by atoms with E-state index in [1.165, 1.54) is 26.0 Å². The fraction of sp³-hybridized carbons (Fsp3) is 0.500. The van der Waals surface area contributed by atoms with Crippen molar-refractivity contribution in [3.8, 4) is 0 Å². The summed E-state index contributed by atoms with van der Waals surface area (Å²) in [4.78, 5) is 35.7. The van der Waals surface area contributed by atoms with E-state index in [0.717, 1.165) is 5.57 Å². The van der Waals surface area contributed by atoms with Crippen LogP contribution in [0.15, 0.2) is 63.6 Å². The molecule has 0 saturated heterocycles. The lowest BCUT2D eigenvalue weighted by molar-refractivity contribution is -0.144. The van der Waals surface area contributed by atoms with Crippen molar-refractivity contribution in [1.82, 2.24) is 0 Å². The molecule has 0 heterocycles. The van der Waals surface area contributed by atoms with Gasteiger partial charge in [-0.1, -0.05) is 42.7 Å². The van der Waals surface area contributed by atoms with Gasteiger partial charge in [-0.15, -0.1) is 0 Å². The number of rotatable bonds is 11. The molecule has 0 bridgehead atoms. The quantitative estimate of drug-likeness (QED) is 0.222. The zero-order chi connectivity index (χ0) is 29.5. The number of sulfone groups is 1. The Morgan fingerprint density at radius 2 is 1.74 bits per heavy atom. The molecule has 0 aromatic heterocycles. The number of allylic oxidation sites excluding steroid dienone is 2. The van der Waals surface area contributed by atoms with Crippen molar-refractivity contribution in [2.24, 2.45) is 5.41 Å². The molecule has 0 saturated carbocycles. The van der Waals surface area contributed by atoms with Gasteiger partial charge in [0.25, 0.3) is 0 Å². The Bertz CT molecular complexity index is 1300. The molecular formula is C30H39ClO7S. The maximum Gasteiger partial charge on any atom is 0.303 e. The zero-order valence-corrected chi connectivity index (χ0v) is 25.4. The van der Waals surface area contributed by atoms with Gasteiger partial charge in [-0.3, -0.25) is 14.4 Å². The summed E-state index contributed by atoms with van der Waals surface area (Å²) in [6.45, 7) is 12.0. The van der Waals surface area contributed by atoms with Crippen LogP contribution >= 0.6 is 11.6 Å². The number of ketones is 1. The van der Waals surface area contributed by atoms with Gasteiger partial charge >= 0.3 is 11.9 Å². The minimum atomic E-state index is -3.95. The molecule has 214 valence electrons. The highest BCUT2D eigenvalue weighted by Crippen LogP contribution is 2.45. The fourth-order valence-electron chi connectivity index (χ4n) is 4.99. The first-order chi connectivity index (χ1) is 18.0. The van der Waals surface area contributed by atoms with Crippen LogP contribution in [0.5, 0.6) is 0 Å². The van der Waals surface area contributed by atoms with E-state index in [9.17, 15) is 22.8 Å². The number of benzene rings is 1. The summed E-state index contributed by atoms with van der Waals surface area (Å²) in [6, 6.07) is 6.14. The van der Waals surface area contributed by atoms with Gasteiger partial charge in [0.15, 0.2) is 15.6 Å². The van der Waals surface area contributed by atoms with Crippen LogP contribution in [0.3, 0.4) is 0 Å². The summed E-state index contributed by atoms with van der Waals surface area (Å²) < 4.78 is 38.7. The Balaban J connectivity index is 2.55. The van der Waals surface area contributed by atoms with Crippen LogP contribution in [0.1, 0.15) is 74.1 Å². The second-order valence-corrected chi connectivity index (χ2v) is 13.3. The van der Waals surface area contributed by atoms with Crippen LogP contribution in [-0.2, 0) is 33.7 Å². The first kappa shape index (κ1) is 32.5. The van der Waals surface area contributed by atoms with Crippen LogP contribution in [0.2, 0.25) is 5.02 Å². The maximum atomic E-state index is 14.1. The van der Waals surface area contributed by atoms with E-state index < -0.39 is 38.5 Å². The van der Waals surface area contributed by atoms with Crippen molar-refractivity contribution in [3.05, 3.63) is 63.7 Å². The van der Waals surface area contributed by atoms with E-state index in [4.69, 9.17) is 21.1 Å². The number of Topliss-reactive ketones (excluding diaryl/α,β-unsaturated/α-hetero) is 1. The Kier molecular flexibility index (Phi) is 11.3. The third-order valence-electron chi connectivity index (χ3n) is 6.89. The Morgan fingerprint density at radius 1 is 1.08 bits per heavy atom. The molecular weight excluding hydrogens is 540 g/mol. The minimum Gasteiger partial charge on any atom is -0.462 e. The summed E-state index contributed by atoms with van der Waals surface area (Å²) in [5, 5.41) is -0.706. The molecule has 39 heavy (non-hydrogen) atoms. The molecule has 9 heteroatoms. The van der Waals surface area contributed by atoms with Gasteiger partial charge in [-0.05, 0) is 80.5 Å². The van der Waals surface area contributed by atoms with Crippen molar-refractivity contribution < 1.29 is 32.3 Å². The fourth-order valence-corrected chi connectivity index (χ4v) is 7.42. The Morgan fingerprint density at radius 3 is 2.33 bits per heavy atom. The SMILES string of the molecule is CC(=O)OC/C=C(\C)CC(/C=C(\C)CC(C1=C(C)C(=O)CCC1(C)C)S(=O)(=O)c1cccc(Cl)c1)OC(C)=O. The largest absolute Gasteiger partial charge is 0.462 e. The molecule has 0 N–H and O–H groups in total. The van der Waals surface area contributed by atoms with Gasteiger partial charge in [-0.2, -0.15) is 0 Å². The minimum absolute atomic E-state index is 0.0522. The molecule has 0 fully saturated rings. The van der Waals surface area contributed by atoms with E-state index in [0.29, 0.717) is 41.0 Å². The number of hydrogen-bond acceptors (Lipinski definition) is 7. The summed E-state index contributed by atoms with van der Waals surface area (Å²) in [6.07, 6.45) is 4.19. The lowest BCUT2D eigenvalue weighted by atomic mass is 9.70. The molecule has 1 aliphatic rings. The number of esters is 2. The number of halogens is 1. The monoisotopic (exact) mass is 578 g/mol. The molecule has 0 radical (unpaired) electrons. The third kappa shape index (κ3) is 9.17. The van der Waals surface area contributed by atoms with Gasteiger partial charge < -0.3 is 9.47 Å². The molecule has 2 rings (SSSR count). The first-order valence-electron chi connectivity index (χ1n) is 12.9. The number of ether oxygens (including phenoxy) is 2. The molecule has 1 aromatic carbocycles. The lowest BCUT2D eigenvalue weighted by Crippen LogP contribution is -2.37. The third-order valence-corrected chi connectivity index (χ3v) is 9.18. The van der Waals surface area contributed by atoms with Gasteiger partial charge in [0, 0.05) is 31.7 Å². The average Bonchev–Trinajstić information content (AvgIpc) is 2.80. The summed E-state index contributed by atoms with van der Waals surface area (Å²) in [7, 11) is -3.95. The summed E-state index contributed by atoms with van der Waals surface area (Å²) in [5.74, 6) is -0.923. The number of carbonyl (C=O) groups excluding carboxylic acids is 3. The number of carbonyl (C=O) groups is 3. The van der Waals surface area contributed by atoms with Crippen LogP contribution in [0, 0.1) is 5.41 Å². The van der Waals surface area contributed by atoms with Crippen LogP contribution in [0.25, 0.3) is 0 Å². The zero-order valence-electron chi connectivity index (χ0n) is 23.8. The van der Waals surface area contributed by atoms with Gasteiger partial charge in [0.05, 0.1) is 10.1 Å². The van der Waals surface area contributed by atoms with Crippen LogP contribution in [-0.4, -0.2) is 44.1 Å². The molecule has 0 aliphatic heterocycles. The topological polar surface area (TPSA) is 104 Å². The second-order valence-electron chi connectivity index (χ2n) is 10.8. The average molecular weight is 579 g/mol. The highest BCUT2D eigenvalue weighted by molar-refractivity contribution is 7.92. The van der Waals surface area contributed by atoms with Crippen molar-refractivity contribution >= 4 is 39.2 Å². The second kappa shape index (κ2) is 13.6. The maximum absolute atomic E-state index is 14.1.